The second kappa shape index (κ2) is 5.34. The molecule has 83 valence electrons. The van der Waals surface area contributed by atoms with Crippen LogP contribution in [-0.4, -0.2) is 0 Å². The lowest BCUT2D eigenvalue weighted by Crippen LogP contribution is -2.02. The van der Waals surface area contributed by atoms with Crippen molar-refractivity contribution in [3.8, 4) is 0 Å². The molecule has 0 bridgehead atoms. The molecule has 0 aliphatic rings. The van der Waals surface area contributed by atoms with Crippen LogP contribution in [0.5, 0.6) is 0 Å². The van der Waals surface area contributed by atoms with Gasteiger partial charge in [-0.1, -0.05) is 45.9 Å². The summed E-state index contributed by atoms with van der Waals surface area (Å²) in [6.07, 6.45) is 2.29. The highest BCUT2D eigenvalue weighted by atomic mass is 14.1. The van der Waals surface area contributed by atoms with Crippen LogP contribution < -0.4 is 0 Å². The Morgan fingerprint density at radius 2 is 1.33 bits per heavy atom. The molecule has 1 rings (SSSR count). The summed E-state index contributed by atoms with van der Waals surface area (Å²) >= 11 is 0. The van der Waals surface area contributed by atoms with Crippen LogP contribution in [0.2, 0.25) is 0 Å². The first-order valence-corrected chi connectivity index (χ1v) is 5.93. The van der Waals surface area contributed by atoms with Crippen molar-refractivity contribution in [3.63, 3.8) is 0 Å². The largest absolute Gasteiger partial charge is 0.0625 e. The van der Waals surface area contributed by atoms with Crippen LogP contribution in [0.3, 0.4) is 0 Å². The molecule has 0 heterocycles. The Morgan fingerprint density at radius 3 is 1.67 bits per heavy atom. The van der Waals surface area contributed by atoms with Gasteiger partial charge in [0.1, 0.15) is 0 Å². The SMILES string of the molecule is [CH2]c1c(CC(C)C)cccc1CC(C)C. The first-order chi connectivity index (χ1) is 7.00. The smallest absolute Gasteiger partial charge is 0.0233 e. The van der Waals surface area contributed by atoms with E-state index in [1.807, 2.05) is 0 Å². The highest BCUT2D eigenvalue weighted by molar-refractivity contribution is 5.38. The average Bonchev–Trinajstić information content (AvgIpc) is 2.10. The van der Waals surface area contributed by atoms with Crippen LogP contribution in [0, 0.1) is 18.8 Å². The van der Waals surface area contributed by atoms with Crippen molar-refractivity contribution in [2.75, 3.05) is 0 Å². The van der Waals surface area contributed by atoms with Gasteiger partial charge in [-0.3, -0.25) is 0 Å². The van der Waals surface area contributed by atoms with Gasteiger partial charge in [0.25, 0.3) is 0 Å². The molecule has 1 aromatic rings. The van der Waals surface area contributed by atoms with Crippen LogP contribution >= 0.6 is 0 Å². The zero-order valence-electron chi connectivity index (χ0n) is 10.5. The van der Waals surface area contributed by atoms with Gasteiger partial charge in [-0.2, -0.15) is 0 Å². The van der Waals surface area contributed by atoms with Crippen LogP contribution in [0.4, 0.5) is 0 Å². The fourth-order valence-electron chi connectivity index (χ4n) is 1.95. The van der Waals surface area contributed by atoms with Crippen LogP contribution in [-0.2, 0) is 12.8 Å². The first-order valence-electron chi connectivity index (χ1n) is 5.93. The van der Waals surface area contributed by atoms with Gasteiger partial charge in [0, 0.05) is 0 Å². The van der Waals surface area contributed by atoms with Gasteiger partial charge in [-0.25, -0.2) is 0 Å². The quantitative estimate of drug-likeness (QED) is 0.685. The molecular weight excluding hydrogens is 180 g/mol. The fourth-order valence-corrected chi connectivity index (χ4v) is 1.95. The van der Waals surface area contributed by atoms with Crippen molar-refractivity contribution in [1.82, 2.24) is 0 Å². The maximum atomic E-state index is 4.23. The second-order valence-corrected chi connectivity index (χ2v) is 5.25. The molecule has 0 aliphatic carbocycles. The molecule has 0 N–H and O–H groups in total. The first kappa shape index (κ1) is 12.3. The Labute approximate surface area is 94.7 Å². The lowest BCUT2D eigenvalue weighted by molar-refractivity contribution is 0.633. The van der Waals surface area contributed by atoms with Gasteiger partial charge < -0.3 is 0 Å². The Bertz CT molecular complexity index is 280. The van der Waals surface area contributed by atoms with Crippen molar-refractivity contribution < 1.29 is 0 Å². The minimum atomic E-state index is 0.708. The predicted molar refractivity (Wildman–Crippen MR) is 68.0 cm³/mol. The van der Waals surface area contributed by atoms with E-state index in [9.17, 15) is 0 Å². The normalized spacial score (nSPS) is 11.4. The third-order valence-electron chi connectivity index (χ3n) is 2.63. The Hall–Kier alpha value is -0.780. The molecule has 0 amide bonds. The van der Waals surface area contributed by atoms with Crippen molar-refractivity contribution in [2.24, 2.45) is 11.8 Å². The summed E-state index contributed by atoms with van der Waals surface area (Å²) < 4.78 is 0. The monoisotopic (exact) mass is 203 g/mol. The van der Waals surface area contributed by atoms with Gasteiger partial charge >= 0.3 is 0 Å². The highest BCUT2D eigenvalue weighted by Crippen LogP contribution is 2.19. The molecule has 0 spiro atoms. The maximum Gasteiger partial charge on any atom is -0.0233 e. The minimum absolute atomic E-state index is 0.708. The molecule has 0 aromatic heterocycles. The van der Waals surface area contributed by atoms with Gasteiger partial charge in [-0.05, 0) is 48.3 Å². The summed E-state index contributed by atoms with van der Waals surface area (Å²) in [4.78, 5) is 0. The van der Waals surface area contributed by atoms with E-state index in [2.05, 4.69) is 52.8 Å². The summed E-state index contributed by atoms with van der Waals surface area (Å²) in [5.41, 5.74) is 4.10. The van der Waals surface area contributed by atoms with E-state index in [1.54, 1.807) is 0 Å². The topological polar surface area (TPSA) is 0 Å². The van der Waals surface area contributed by atoms with Gasteiger partial charge in [0.05, 0.1) is 0 Å². The number of hydrogen-bond acceptors (Lipinski definition) is 0. The summed E-state index contributed by atoms with van der Waals surface area (Å²) in [5.74, 6) is 1.42. The number of hydrogen-bond donors (Lipinski definition) is 0. The van der Waals surface area contributed by atoms with Gasteiger partial charge in [0.2, 0.25) is 0 Å². The minimum Gasteiger partial charge on any atom is -0.0625 e. The van der Waals surface area contributed by atoms with Crippen LogP contribution in [0.25, 0.3) is 0 Å². The number of benzene rings is 1. The van der Waals surface area contributed by atoms with E-state index in [0.717, 1.165) is 12.8 Å². The Kier molecular flexibility index (Phi) is 4.38. The lowest BCUT2D eigenvalue weighted by Gasteiger charge is -2.14. The van der Waals surface area contributed by atoms with Crippen molar-refractivity contribution >= 4 is 0 Å². The molecule has 0 unspecified atom stereocenters. The second-order valence-electron chi connectivity index (χ2n) is 5.25. The molecule has 1 radical (unpaired) electrons. The molecular formula is C15H23. The Balaban J connectivity index is 2.90. The molecule has 15 heavy (non-hydrogen) atoms. The summed E-state index contributed by atoms with van der Waals surface area (Å²) in [6.45, 7) is 13.3. The molecule has 1 aromatic carbocycles. The van der Waals surface area contributed by atoms with Crippen molar-refractivity contribution in [3.05, 3.63) is 41.8 Å². The van der Waals surface area contributed by atoms with E-state index in [-0.39, 0.29) is 0 Å². The van der Waals surface area contributed by atoms with Gasteiger partial charge in [-0.15, -0.1) is 0 Å². The molecule has 0 saturated heterocycles. The average molecular weight is 203 g/mol. The van der Waals surface area contributed by atoms with E-state index in [4.69, 9.17) is 0 Å². The van der Waals surface area contributed by atoms with Crippen molar-refractivity contribution in [1.29, 1.82) is 0 Å². The zero-order chi connectivity index (χ0) is 11.4. The third-order valence-corrected chi connectivity index (χ3v) is 2.63. The van der Waals surface area contributed by atoms with E-state index in [0.29, 0.717) is 11.8 Å². The number of rotatable bonds is 4. The predicted octanol–water partition coefficient (Wildman–Crippen LogP) is 4.27. The maximum absolute atomic E-state index is 4.23. The molecule has 0 fully saturated rings. The third kappa shape index (κ3) is 3.70. The van der Waals surface area contributed by atoms with Crippen LogP contribution in [0.15, 0.2) is 18.2 Å². The van der Waals surface area contributed by atoms with E-state index >= 15 is 0 Å². The van der Waals surface area contributed by atoms with E-state index in [1.165, 1.54) is 16.7 Å². The molecule has 0 aliphatic heterocycles. The molecule has 0 heteroatoms. The molecule has 0 nitrogen and oxygen atoms in total. The van der Waals surface area contributed by atoms with E-state index < -0.39 is 0 Å². The summed E-state index contributed by atoms with van der Waals surface area (Å²) in [5, 5.41) is 0. The summed E-state index contributed by atoms with van der Waals surface area (Å²) in [6, 6.07) is 6.60. The van der Waals surface area contributed by atoms with Crippen molar-refractivity contribution in [2.45, 2.75) is 40.5 Å². The van der Waals surface area contributed by atoms with Crippen LogP contribution in [0.1, 0.15) is 44.4 Å². The standard InChI is InChI=1S/C15H23/c1-11(2)9-14-7-6-8-15(13(14)5)10-12(3)4/h6-8,11-12H,5,9-10H2,1-4H3. The highest BCUT2D eigenvalue weighted by Gasteiger charge is 2.06. The Morgan fingerprint density at radius 1 is 0.933 bits per heavy atom. The zero-order valence-corrected chi connectivity index (χ0v) is 10.5. The molecule has 0 saturated carbocycles. The van der Waals surface area contributed by atoms with Gasteiger partial charge in [0.15, 0.2) is 0 Å². The lowest BCUT2D eigenvalue weighted by atomic mass is 9.92. The fraction of sp³-hybridized carbons (Fsp3) is 0.533. The molecule has 0 atom stereocenters. The summed E-state index contributed by atoms with van der Waals surface area (Å²) in [7, 11) is 0.